The fourth-order valence-electron chi connectivity index (χ4n) is 3.49. The lowest BCUT2D eigenvalue weighted by Crippen LogP contribution is -2.30. The number of fused-ring (bicyclic) bond motifs is 2. The fraction of sp³-hybridized carbons (Fsp3) is 0.0909. The fourth-order valence-corrected chi connectivity index (χ4v) is 5.97. The van der Waals surface area contributed by atoms with Crippen LogP contribution in [0.1, 0.15) is 5.01 Å². The van der Waals surface area contributed by atoms with E-state index in [2.05, 4.69) is 0 Å². The summed E-state index contributed by atoms with van der Waals surface area (Å²) in [4.78, 5) is 15.8. The first-order chi connectivity index (χ1) is 14.3. The van der Waals surface area contributed by atoms with E-state index in [0.29, 0.717) is 21.2 Å². The molecule has 0 saturated heterocycles. The monoisotopic (exact) mass is 473 g/mol. The van der Waals surface area contributed by atoms with Crippen molar-refractivity contribution in [2.75, 3.05) is 11.9 Å². The Balaban J connectivity index is 1.49. The van der Waals surface area contributed by atoms with Gasteiger partial charge >= 0.3 is 0 Å². The number of nitrogens with zero attached hydrogens (tertiary/aromatic N) is 2. The van der Waals surface area contributed by atoms with E-state index in [1.807, 2.05) is 60.0 Å². The van der Waals surface area contributed by atoms with Crippen LogP contribution in [0.4, 0.5) is 5.69 Å². The van der Waals surface area contributed by atoms with Gasteiger partial charge in [-0.25, -0.2) is 0 Å². The normalized spacial score (nSPS) is 18.7. The minimum Gasteiger partial charge on any atom is -0.506 e. The number of hydrogen-bond donors (Lipinski definition) is 1. The van der Waals surface area contributed by atoms with Crippen LogP contribution in [0, 0.1) is 0 Å². The molecular formula is C22H15Cl2N2O2S2+. The maximum absolute atomic E-state index is 12.8. The molecule has 0 unspecified atom stereocenters. The number of Topliss-reactive ketones (excluding diaryl/α,β-unsaturated/α-hetero) is 1. The van der Waals surface area contributed by atoms with Crippen LogP contribution in [0.15, 0.2) is 69.3 Å². The van der Waals surface area contributed by atoms with Gasteiger partial charge in [0.1, 0.15) is 17.5 Å². The molecule has 0 amide bonds. The molecule has 0 fully saturated rings. The van der Waals surface area contributed by atoms with E-state index in [9.17, 15) is 9.90 Å². The lowest BCUT2D eigenvalue weighted by atomic mass is 9.88. The van der Waals surface area contributed by atoms with Gasteiger partial charge in [0.25, 0.3) is 5.01 Å². The number of aliphatic hydroxyl groups is 1. The highest BCUT2D eigenvalue weighted by molar-refractivity contribution is 8.03. The number of hydrogen-bond acceptors (Lipinski definition) is 5. The zero-order chi connectivity index (χ0) is 21.2. The van der Waals surface area contributed by atoms with Gasteiger partial charge in [0, 0.05) is 34.1 Å². The maximum atomic E-state index is 12.8. The summed E-state index contributed by atoms with van der Waals surface area (Å²) in [7, 11) is 3.83. The molecule has 2 aliphatic rings. The molecule has 0 spiro atoms. The third-order valence-electron chi connectivity index (χ3n) is 5.19. The summed E-state index contributed by atoms with van der Waals surface area (Å²) in [5.41, 5.74) is 2.61. The minimum absolute atomic E-state index is 0.0194. The highest BCUT2D eigenvalue weighted by Gasteiger charge is 2.35. The Morgan fingerprint density at radius 3 is 2.60 bits per heavy atom. The predicted molar refractivity (Wildman–Crippen MR) is 124 cm³/mol. The van der Waals surface area contributed by atoms with Crippen LogP contribution < -0.4 is 9.47 Å². The van der Waals surface area contributed by atoms with E-state index in [1.165, 1.54) is 0 Å². The Kier molecular flexibility index (Phi) is 4.71. The molecule has 0 atom stereocenters. The molecule has 1 aromatic heterocycles. The summed E-state index contributed by atoms with van der Waals surface area (Å²) < 4.78 is 3.03. The Morgan fingerprint density at radius 2 is 1.83 bits per heavy atom. The third kappa shape index (κ3) is 3.06. The third-order valence-corrected chi connectivity index (χ3v) is 7.99. The number of aliphatic hydroxyl groups excluding tert-OH is 1. The summed E-state index contributed by atoms with van der Waals surface area (Å²) >= 11 is 15.3. The number of benzene rings is 2. The maximum Gasteiger partial charge on any atom is 0.263 e. The number of rotatable bonds is 2. The summed E-state index contributed by atoms with van der Waals surface area (Å²) in [6.45, 7) is 0. The Hall–Kier alpha value is -2.25. The summed E-state index contributed by atoms with van der Waals surface area (Å²) in [6.07, 6.45) is 3.47. The first-order valence-electron chi connectivity index (χ1n) is 9.04. The molecule has 0 radical (unpaired) electrons. The van der Waals surface area contributed by atoms with Gasteiger partial charge in [0.15, 0.2) is 0 Å². The van der Waals surface area contributed by atoms with Crippen molar-refractivity contribution in [1.29, 1.82) is 0 Å². The summed E-state index contributed by atoms with van der Waals surface area (Å²) in [5, 5.41) is 13.6. The van der Waals surface area contributed by atoms with Gasteiger partial charge in [-0.05, 0) is 36.4 Å². The van der Waals surface area contributed by atoms with E-state index in [-0.39, 0.29) is 11.5 Å². The number of halogens is 2. The molecule has 4 nitrogen and oxygen atoms in total. The lowest BCUT2D eigenvalue weighted by Gasteiger charge is -2.20. The predicted octanol–water partition coefficient (Wildman–Crippen LogP) is 5.89. The van der Waals surface area contributed by atoms with E-state index in [1.54, 1.807) is 35.3 Å². The number of allylic oxidation sites excluding steroid dienone is 3. The van der Waals surface area contributed by atoms with Crippen molar-refractivity contribution < 1.29 is 14.5 Å². The average molecular weight is 474 g/mol. The second-order valence-corrected chi connectivity index (χ2v) is 10.0. The first kappa shape index (κ1) is 19.7. The van der Waals surface area contributed by atoms with Gasteiger partial charge in [-0.3, -0.25) is 4.79 Å². The van der Waals surface area contributed by atoms with E-state index < -0.39 is 0 Å². The van der Waals surface area contributed by atoms with E-state index in [0.717, 1.165) is 30.8 Å². The minimum atomic E-state index is -0.168. The van der Waals surface area contributed by atoms with E-state index in [4.69, 9.17) is 23.2 Å². The SMILES string of the molecule is CN1/C(=C/C2=C(O)C(=C/c3sc4ccc(Cl)cc4[n+]3C)/C2=O)Sc2ccc(Cl)cc21. The molecule has 1 aliphatic heterocycles. The van der Waals surface area contributed by atoms with Crippen molar-refractivity contribution in [2.45, 2.75) is 4.90 Å². The molecule has 1 aliphatic carbocycles. The zero-order valence-electron chi connectivity index (χ0n) is 15.9. The summed E-state index contributed by atoms with van der Waals surface area (Å²) in [5.74, 6) is -0.149. The van der Waals surface area contributed by atoms with Crippen molar-refractivity contribution in [3.63, 3.8) is 0 Å². The topological polar surface area (TPSA) is 44.4 Å². The quantitative estimate of drug-likeness (QED) is 0.371. The second-order valence-electron chi connectivity index (χ2n) is 7.02. The Bertz CT molecular complexity index is 1350. The molecule has 3 aromatic rings. The van der Waals surface area contributed by atoms with Gasteiger partial charge in [0.2, 0.25) is 11.3 Å². The number of aromatic nitrogens is 1. The molecule has 30 heavy (non-hydrogen) atoms. The number of aryl methyl sites for hydroxylation is 1. The largest absolute Gasteiger partial charge is 0.506 e. The van der Waals surface area contributed by atoms with Crippen molar-refractivity contribution in [3.05, 3.63) is 79.5 Å². The van der Waals surface area contributed by atoms with Crippen LogP contribution in [0.2, 0.25) is 10.0 Å². The average Bonchev–Trinajstić information content (AvgIpc) is 3.21. The van der Waals surface area contributed by atoms with Crippen molar-refractivity contribution in [1.82, 2.24) is 0 Å². The van der Waals surface area contributed by atoms with E-state index >= 15 is 0 Å². The van der Waals surface area contributed by atoms with Crippen LogP contribution >= 0.6 is 46.3 Å². The molecule has 150 valence electrons. The number of anilines is 1. The second kappa shape index (κ2) is 7.17. The highest BCUT2D eigenvalue weighted by atomic mass is 35.5. The standard InChI is InChI=1S/C22H14Cl2N2O2S2/c1-25-15-7-11(23)3-5-17(15)29-19(25)9-13-21(27)14(22(13)28)10-20-26(2)16-8-12(24)4-6-18(16)30-20/h3-10H,1-2H3/p+1. The molecule has 0 bridgehead atoms. The highest BCUT2D eigenvalue weighted by Crippen LogP contribution is 2.47. The van der Waals surface area contributed by atoms with Crippen LogP contribution in [-0.2, 0) is 11.8 Å². The van der Waals surface area contributed by atoms with Crippen molar-refractivity contribution in [2.24, 2.45) is 7.05 Å². The Labute approximate surface area is 191 Å². The van der Waals surface area contributed by atoms with Gasteiger partial charge < -0.3 is 10.0 Å². The molecular weight excluding hydrogens is 459 g/mol. The number of thiazole rings is 1. The van der Waals surface area contributed by atoms with Gasteiger partial charge in [-0.2, -0.15) is 4.57 Å². The zero-order valence-corrected chi connectivity index (χ0v) is 19.1. The number of carbonyl (C=O) groups excluding carboxylic acids is 1. The molecule has 2 aromatic carbocycles. The molecule has 2 heterocycles. The van der Waals surface area contributed by atoms with Gasteiger partial charge in [-0.1, -0.05) is 46.3 Å². The molecule has 0 saturated carbocycles. The van der Waals surface area contributed by atoms with Crippen molar-refractivity contribution in [3.8, 4) is 0 Å². The number of carbonyl (C=O) groups is 1. The van der Waals surface area contributed by atoms with Crippen molar-refractivity contribution >= 4 is 74.1 Å². The van der Waals surface area contributed by atoms with Crippen LogP contribution in [0.25, 0.3) is 16.3 Å². The molecule has 1 N–H and O–H groups in total. The number of thioether (sulfide) groups is 1. The van der Waals surface area contributed by atoms with Gasteiger partial charge in [0.05, 0.1) is 21.9 Å². The number of ketones is 1. The smallest absolute Gasteiger partial charge is 0.263 e. The molecule has 8 heteroatoms. The summed E-state index contributed by atoms with van der Waals surface area (Å²) in [6, 6.07) is 11.4. The first-order valence-corrected chi connectivity index (χ1v) is 11.4. The Morgan fingerprint density at radius 1 is 1.10 bits per heavy atom. The van der Waals surface area contributed by atoms with Crippen LogP contribution in [0.5, 0.6) is 0 Å². The van der Waals surface area contributed by atoms with Crippen LogP contribution in [0.3, 0.4) is 0 Å². The lowest BCUT2D eigenvalue weighted by molar-refractivity contribution is -0.642. The van der Waals surface area contributed by atoms with Crippen LogP contribution in [-0.4, -0.2) is 17.9 Å². The molecule has 5 rings (SSSR count). The van der Waals surface area contributed by atoms with Gasteiger partial charge in [-0.15, -0.1) is 0 Å².